The van der Waals surface area contributed by atoms with E-state index in [-0.39, 0.29) is 22.1 Å². The first-order valence-electron chi connectivity index (χ1n) is 9.70. The van der Waals surface area contributed by atoms with Gasteiger partial charge in [-0.05, 0) is 37.5 Å². The Hall–Kier alpha value is -1.73. The van der Waals surface area contributed by atoms with Crippen molar-refractivity contribution in [2.75, 3.05) is 11.4 Å². The SMILES string of the molecule is CC1N(CCCCCC(=O)O)c2c(cc(S(=O)(=O)O)c3sc(S(=O)(=O)O)cc23)C1(C)C. The van der Waals surface area contributed by atoms with E-state index in [1.165, 1.54) is 12.1 Å². The van der Waals surface area contributed by atoms with Gasteiger partial charge in [-0.1, -0.05) is 20.3 Å². The zero-order valence-corrected chi connectivity index (χ0v) is 19.8. The molecule has 2 heterocycles. The number of benzene rings is 1. The summed E-state index contributed by atoms with van der Waals surface area (Å²) in [6.45, 7) is 6.42. The number of carbonyl (C=O) groups is 1. The van der Waals surface area contributed by atoms with Crippen LogP contribution in [0.25, 0.3) is 10.1 Å². The summed E-state index contributed by atoms with van der Waals surface area (Å²) >= 11 is 0.593. The first-order valence-corrected chi connectivity index (χ1v) is 13.4. The molecule has 2 aromatic rings. The van der Waals surface area contributed by atoms with Crippen LogP contribution in [0.4, 0.5) is 5.69 Å². The van der Waals surface area contributed by atoms with E-state index in [2.05, 4.69) is 4.90 Å². The Labute approximate surface area is 185 Å². The average molecular weight is 492 g/mol. The first kappa shape index (κ1) is 23.9. The van der Waals surface area contributed by atoms with Gasteiger partial charge in [-0.25, -0.2) is 0 Å². The number of carboxylic acid groups (broad SMARTS) is 1. The third kappa shape index (κ3) is 4.44. The van der Waals surface area contributed by atoms with Crippen LogP contribution in [0, 0.1) is 0 Å². The van der Waals surface area contributed by atoms with E-state index in [4.69, 9.17) is 5.11 Å². The molecule has 1 aromatic carbocycles. The summed E-state index contributed by atoms with van der Waals surface area (Å²) in [5.41, 5.74) is 0.819. The van der Waals surface area contributed by atoms with Crippen molar-refractivity contribution in [3.63, 3.8) is 0 Å². The number of carboxylic acids is 1. The zero-order valence-electron chi connectivity index (χ0n) is 17.3. The van der Waals surface area contributed by atoms with Gasteiger partial charge in [-0.2, -0.15) is 16.8 Å². The predicted octanol–water partition coefficient (Wildman–Crippen LogP) is 3.53. The minimum atomic E-state index is -4.64. The molecule has 0 saturated carbocycles. The summed E-state index contributed by atoms with van der Waals surface area (Å²) in [6.07, 6.45) is 2.01. The molecule has 0 amide bonds. The number of nitrogens with zero attached hydrogens (tertiary/aromatic N) is 1. The zero-order chi connectivity index (χ0) is 23.4. The highest BCUT2D eigenvalue weighted by Crippen LogP contribution is 2.52. The van der Waals surface area contributed by atoms with Crippen LogP contribution in [-0.4, -0.2) is 49.6 Å². The standard InChI is InChI=1S/C19H25NO8S3/c1-11-19(2,3)13-10-14(30(23,24)25)18-12(9-16(29-18)31(26,27)28)17(13)20(11)8-6-4-5-7-15(21)22/h9-11H,4-8H2,1-3H3,(H,21,22)(H,23,24,25)(H,26,27,28). The van der Waals surface area contributed by atoms with Crippen LogP contribution in [-0.2, 0) is 30.4 Å². The second-order valence-electron chi connectivity index (χ2n) is 8.32. The summed E-state index contributed by atoms with van der Waals surface area (Å²) in [6, 6.07) is 2.56. The number of aliphatic carboxylic acids is 1. The maximum absolute atomic E-state index is 12.1. The summed E-state index contributed by atoms with van der Waals surface area (Å²) in [5, 5.41) is 9.13. The minimum Gasteiger partial charge on any atom is -0.481 e. The van der Waals surface area contributed by atoms with Gasteiger partial charge in [-0.3, -0.25) is 13.9 Å². The lowest BCUT2D eigenvalue weighted by Gasteiger charge is -2.31. The molecular weight excluding hydrogens is 466 g/mol. The van der Waals surface area contributed by atoms with Crippen LogP contribution in [0.3, 0.4) is 0 Å². The third-order valence-corrected chi connectivity index (χ3v) is 9.51. The Morgan fingerprint density at radius 2 is 1.74 bits per heavy atom. The van der Waals surface area contributed by atoms with Crippen molar-refractivity contribution in [1.29, 1.82) is 0 Å². The Kier molecular flexibility index (Phi) is 6.17. The number of fused-ring (bicyclic) bond motifs is 3. The molecule has 0 radical (unpaired) electrons. The lowest BCUT2D eigenvalue weighted by molar-refractivity contribution is -0.137. The van der Waals surface area contributed by atoms with Crippen LogP contribution in [0.1, 0.15) is 52.0 Å². The molecule has 0 bridgehead atoms. The third-order valence-electron chi connectivity index (χ3n) is 6.03. The highest BCUT2D eigenvalue weighted by Gasteiger charge is 2.44. The van der Waals surface area contributed by atoms with Crippen LogP contribution in [0.2, 0.25) is 0 Å². The van der Waals surface area contributed by atoms with Crippen LogP contribution in [0.5, 0.6) is 0 Å². The second kappa shape index (κ2) is 8.00. The summed E-state index contributed by atoms with van der Waals surface area (Å²) in [7, 11) is -9.21. The van der Waals surface area contributed by atoms with Gasteiger partial charge < -0.3 is 10.0 Å². The molecule has 1 aliphatic rings. The Morgan fingerprint density at radius 1 is 1.10 bits per heavy atom. The maximum Gasteiger partial charge on any atom is 0.304 e. The van der Waals surface area contributed by atoms with Gasteiger partial charge in [-0.15, -0.1) is 11.3 Å². The molecule has 1 unspecified atom stereocenters. The lowest BCUT2D eigenvalue weighted by Crippen LogP contribution is -2.39. The summed E-state index contributed by atoms with van der Waals surface area (Å²) in [5.74, 6) is -0.850. The molecule has 3 N–H and O–H groups in total. The fourth-order valence-electron chi connectivity index (χ4n) is 4.11. The molecule has 0 spiro atoms. The molecule has 9 nitrogen and oxygen atoms in total. The second-order valence-corrected chi connectivity index (χ2v) is 12.4. The van der Waals surface area contributed by atoms with Gasteiger partial charge in [0.1, 0.15) is 9.10 Å². The summed E-state index contributed by atoms with van der Waals surface area (Å²) < 4.78 is 66.5. The van der Waals surface area contributed by atoms with E-state index in [0.717, 1.165) is 0 Å². The van der Waals surface area contributed by atoms with Crippen LogP contribution in [0.15, 0.2) is 21.2 Å². The number of thiophene rings is 1. The number of hydrogen-bond donors (Lipinski definition) is 3. The highest BCUT2D eigenvalue weighted by atomic mass is 32.3. The van der Waals surface area contributed by atoms with Crippen molar-refractivity contribution in [3.05, 3.63) is 17.7 Å². The number of hydrogen-bond acceptors (Lipinski definition) is 7. The maximum atomic E-state index is 12.1. The van der Waals surface area contributed by atoms with Gasteiger partial charge in [0.2, 0.25) is 0 Å². The van der Waals surface area contributed by atoms with E-state index in [0.29, 0.717) is 53.8 Å². The van der Waals surface area contributed by atoms with Crippen molar-refractivity contribution in [1.82, 2.24) is 0 Å². The molecule has 31 heavy (non-hydrogen) atoms. The van der Waals surface area contributed by atoms with Gasteiger partial charge >= 0.3 is 16.1 Å². The molecule has 1 aromatic heterocycles. The van der Waals surface area contributed by atoms with E-state index in [1.807, 2.05) is 20.8 Å². The van der Waals surface area contributed by atoms with E-state index in [9.17, 15) is 30.7 Å². The topological polar surface area (TPSA) is 149 Å². The van der Waals surface area contributed by atoms with Crippen LogP contribution < -0.4 is 4.90 Å². The molecule has 0 aliphatic carbocycles. The summed E-state index contributed by atoms with van der Waals surface area (Å²) in [4.78, 5) is 12.4. The Morgan fingerprint density at radius 3 is 2.29 bits per heavy atom. The fourth-order valence-corrected chi connectivity index (χ4v) is 6.90. The molecular formula is C19H25NO8S3. The molecule has 3 rings (SSSR count). The van der Waals surface area contributed by atoms with Gasteiger partial charge in [0.05, 0.1) is 4.70 Å². The predicted molar refractivity (Wildman–Crippen MR) is 117 cm³/mol. The van der Waals surface area contributed by atoms with Crippen molar-refractivity contribution in [3.8, 4) is 0 Å². The van der Waals surface area contributed by atoms with Crippen LogP contribution >= 0.6 is 11.3 Å². The quantitative estimate of drug-likeness (QED) is 0.372. The van der Waals surface area contributed by atoms with E-state index < -0.39 is 35.8 Å². The van der Waals surface area contributed by atoms with Gasteiger partial charge in [0.15, 0.2) is 0 Å². The van der Waals surface area contributed by atoms with Gasteiger partial charge in [0, 0.05) is 35.5 Å². The van der Waals surface area contributed by atoms with E-state index in [1.54, 1.807) is 0 Å². The fraction of sp³-hybridized carbons (Fsp3) is 0.526. The molecule has 12 heteroatoms. The molecule has 1 aliphatic heterocycles. The highest BCUT2D eigenvalue weighted by molar-refractivity contribution is 7.88. The molecule has 0 saturated heterocycles. The average Bonchev–Trinajstić information content (AvgIpc) is 3.13. The number of unbranched alkanes of at least 4 members (excludes halogenated alkanes) is 2. The van der Waals surface area contributed by atoms with Crippen molar-refractivity contribution in [2.24, 2.45) is 0 Å². The monoisotopic (exact) mass is 491 g/mol. The normalized spacial score (nSPS) is 18.5. The van der Waals surface area contributed by atoms with Crippen molar-refractivity contribution < 1.29 is 35.8 Å². The first-order chi connectivity index (χ1) is 14.2. The van der Waals surface area contributed by atoms with E-state index >= 15 is 0 Å². The number of rotatable bonds is 8. The minimum absolute atomic E-state index is 0.0645. The number of anilines is 1. The molecule has 172 valence electrons. The molecule has 0 fully saturated rings. The Balaban J connectivity index is 2.16. The smallest absolute Gasteiger partial charge is 0.304 e. The lowest BCUT2D eigenvalue weighted by atomic mass is 9.81. The molecule has 1 atom stereocenters. The largest absolute Gasteiger partial charge is 0.481 e. The Bertz CT molecular complexity index is 1240. The van der Waals surface area contributed by atoms with Gasteiger partial charge in [0.25, 0.3) is 10.1 Å². The van der Waals surface area contributed by atoms with Crippen molar-refractivity contribution >= 4 is 53.3 Å². The van der Waals surface area contributed by atoms with Crippen molar-refractivity contribution in [2.45, 2.75) is 67.0 Å².